The average Bonchev–Trinajstić information content (AvgIpc) is 3.67. The molecule has 4 nitrogen and oxygen atoms in total. The highest BCUT2D eigenvalue weighted by atomic mass is 16.3. The van der Waals surface area contributed by atoms with E-state index in [9.17, 15) is 5.11 Å². The zero-order chi connectivity index (χ0) is 43.3. The van der Waals surface area contributed by atoms with Gasteiger partial charge in [0.15, 0.2) is 0 Å². The summed E-state index contributed by atoms with van der Waals surface area (Å²) in [7, 11) is 0. The largest absolute Gasteiger partial charge is 0.507 e. The fourth-order valence-corrected chi connectivity index (χ4v) is 8.56. The number of aryl methyl sites for hydroxylation is 2. The van der Waals surface area contributed by atoms with Crippen molar-refractivity contribution in [3.8, 4) is 78.6 Å². The smallest absolute Gasteiger partial charge is 0.149 e. The number of phenolic OH excluding ortho intramolecular Hbond substituents is 1. The van der Waals surface area contributed by atoms with Gasteiger partial charge in [-0.3, -0.25) is 9.55 Å². The first-order chi connectivity index (χ1) is 29.7. The number of benzene rings is 7. The Morgan fingerprint density at radius 2 is 1.25 bits per heavy atom. The van der Waals surface area contributed by atoms with Crippen LogP contribution in [0.25, 0.3) is 83.9 Å². The van der Waals surface area contributed by atoms with E-state index in [4.69, 9.17) is 11.3 Å². The molecule has 9 rings (SSSR count). The van der Waals surface area contributed by atoms with Crippen LogP contribution in [0.3, 0.4) is 0 Å². The van der Waals surface area contributed by atoms with Crippen LogP contribution in [0.15, 0.2) is 170 Å². The van der Waals surface area contributed by atoms with Crippen molar-refractivity contribution in [3.05, 3.63) is 192 Å². The van der Waals surface area contributed by atoms with Crippen LogP contribution in [0.5, 0.6) is 5.75 Å². The van der Waals surface area contributed by atoms with Crippen LogP contribution < -0.4 is 0 Å². The van der Waals surface area contributed by atoms with Crippen LogP contribution in [-0.2, 0) is 5.41 Å². The summed E-state index contributed by atoms with van der Waals surface area (Å²) in [6.45, 7) is 14.6. The molecule has 2 heterocycles. The topological polar surface area (TPSA) is 50.9 Å². The molecule has 0 fully saturated rings. The fourth-order valence-electron chi connectivity index (χ4n) is 8.56. The zero-order valence-electron chi connectivity index (χ0n) is 37.0. The summed E-state index contributed by atoms with van der Waals surface area (Å²) in [5.41, 5.74) is 17.8. The molecule has 9 aromatic rings. The Bertz CT molecular complexity index is 3100. The summed E-state index contributed by atoms with van der Waals surface area (Å²) in [6.07, 6.45) is 1.88. The van der Waals surface area contributed by atoms with Crippen LogP contribution in [0.4, 0.5) is 0 Å². The van der Waals surface area contributed by atoms with Gasteiger partial charge in [0.2, 0.25) is 0 Å². The van der Waals surface area contributed by atoms with Gasteiger partial charge in [-0.2, -0.15) is 0 Å². The molecule has 0 amide bonds. The van der Waals surface area contributed by atoms with Gasteiger partial charge in [0, 0.05) is 24.4 Å². The maximum Gasteiger partial charge on any atom is 0.149 e. The minimum atomic E-state index is -0.669. The first kappa shape index (κ1) is 38.2. The molecule has 0 bridgehead atoms. The van der Waals surface area contributed by atoms with Gasteiger partial charge in [-0.1, -0.05) is 144 Å². The molecule has 4 heteroatoms. The minimum absolute atomic E-state index is 0.160. The Labute approximate surface area is 361 Å². The number of para-hydroxylation sites is 1. The highest BCUT2D eigenvalue weighted by Crippen LogP contribution is 2.43. The quantitative estimate of drug-likeness (QED) is 0.167. The van der Waals surface area contributed by atoms with Crippen LogP contribution in [0.2, 0.25) is 0 Å². The van der Waals surface area contributed by atoms with Crippen molar-refractivity contribution in [1.82, 2.24) is 14.5 Å². The molecule has 7 aromatic carbocycles. The number of hydrogen-bond acceptors (Lipinski definition) is 3. The zero-order valence-corrected chi connectivity index (χ0v) is 36.0. The number of hydrogen-bond donors (Lipinski definition) is 1. The van der Waals surface area contributed by atoms with Gasteiger partial charge in [0.05, 0.1) is 22.3 Å². The predicted octanol–water partition coefficient (Wildman–Crippen LogP) is 15.2. The van der Waals surface area contributed by atoms with Crippen LogP contribution >= 0.6 is 0 Å². The van der Waals surface area contributed by atoms with Gasteiger partial charge in [0.25, 0.3) is 0 Å². The molecule has 1 N–H and O–H groups in total. The molecule has 0 saturated heterocycles. The fraction of sp³-hybridized carbons (Fsp3) is 0.158. The van der Waals surface area contributed by atoms with Crippen molar-refractivity contribution in [1.29, 1.82) is 0 Å². The van der Waals surface area contributed by atoms with Crippen molar-refractivity contribution in [2.75, 3.05) is 0 Å². The number of phenols is 1. The second kappa shape index (κ2) is 15.9. The van der Waals surface area contributed by atoms with Gasteiger partial charge < -0.3 is 5.11 Å². The van der Waals surface area contributed by atoms with E-state index in [0.717, 1.165) is 78.0 Å². The lowest BCUT2D eigenvalue weighted by Gasteiger charge is -2.25. The first-order valence-corrected chi connectivity index (χ1v) is 21.0. The van der Waals surface area contributed by atoms with Gasteiger partial charge >= 0.3 is 0 Å². The highest BCUT2D eigenvalue weighted by molar-refractivity contribution is 5.98. The summed E-state index contributed by atoms with van der Waals surface area (Å²) >= 11 is 0. The standard InChI is InChI=1S/C57H51N3O/c1-36(2)39-21-23-41(24-22-39)43-27-28-58-52(34-43)46-32-44(40-15-10-8-11-16-40)31-45(33-46)49-19-14-20-53-54(49)59-56(50-30-37(3)29-38(4)55(50)61)60(53)47-25-26-48(42-17-12-9-13-18-42)51(35-47)57(5,6)7/h8-36,61H,1-7H3/i36D. The summed E-state index contributed by atoms with van der Waals surface area (Å²) in [5, 5.41) is 11.7. The third-order valence-electron chi connectivity index (χ3n) is 11.7. The predicted molar refractivity (Wildman–Crippen MR) is 255 cm³/mol. The molecule has 0 atom stereocenters. The lowest BCUT2D eigenvalue weighted by Crippen LogP contribution is -2.14. The number of imidazole rings is 1. The Morgan fingerprint density at radius 3 is 1.95 bits per heavy atom. The molecular formula is C57H51N3O. The molecule has 0 saturated carbocycles. The molecule has 0 aliphatic rings. The molecular weight excluding hydrogens is 743 g/mol. The monoisotopic (exact) mass is 794 g/mol. The van der Waals surface area contributed by atoms with E-state index >= 15 is 0 Å². The summed E-state index contributed by atoms with van der Waals surface area (Å²) in [6, 6.07) is 57.4. The van der Waals surface area contributed by atoms with Crippen molar-refractivity contribution in [2.45, 2.75) is 59.8 Å². The molecule has 0 unspecified atom stereocenters. The van der Waals surface area contributed by atoms with E-state index in [2.05, 4.69) is 160 Å². The SMILES string of the molecule is [2H]C(C)(C)c1ccc(-c2ccnc(-c3cc(-c4ccccc4)cc(-c4cccc5c4nc(-c4cc(C)cc(C)c4O)n5-c4ccc(-c5ccccc5)c(C(C)(C)C)c4)c3)c2)cc1. The van der Waals surface area contributed by atoms with E-state index in [1.807, 2.05) is 63.4 Å². The molecule has 0 radical (unpaired) electrons. The van der Waals surface area contributed by atoms with Crippen LogP contribution in [0.1, 0.15) is 64.1 Å². The van der Waals surface area contributed by atoms with Crippen LogP contribution in [-0.4, -0.2) is 19.6 Å². The number of rotatable bonds is 8. The van der Waals surface area contributed by atoms with Crippen molar-refractivity contribution in [2.24, 2.45) is 0 Å². The minimum Gasteiger partial charge on any atom is -0.507 e. The Morgan fingerprint density at radius 1 is 0.574 bits per heavy atom. The third kappa shape index (κ3) is 7.66. The van der Waals surface area contributed by atoms with Gasteiger partial charge in [0.1, 0.15) is 11.6 Å². The Hall–Kier alpha value is -7.04. The van der Waals surface area contributed by atoms with Crippen molar-refractivity contribution < 1.29 is 6.48 Å². The molecule has 61 heavy (non-hydrogen) atoms. The number of aromatic nitrogens is 3. The lowest BCUT2D eigenvalue weighted by atomic mass is 9.81. The lowest BCUT2D eigenvalue weighted by molar-refractivity contribution is 0.472. The van der Waals surface area contributed by atoms with Gasteiger partial charge in [-0.15, -0.1) is 0 Å². The molecule has 2 aromatic heterocycles. The summed E-state index contributed by atoms with van der Waals surface area (Å²) in [5.74, 6) is 0.234. The van der Waals surface area contributed by atoms with Crippen molar-refractivity contribution in [3.63, 3.8) is 0 Å². The van der Waals surface area contributed by atoms with E-state index in [-0.39, 0.29) is 11.2 Å². The molecule has 300 valence electrons. The summed E-state index contributed by atoms with van der Waals surface area (Å²) < 4.78 is 10.7. The number of nitrogens with zero attached hydrogens (tertiary/aromatic N) is 3. The third-order valence-corrected chi connectivity index (χ3v) is 11.7. The Kier molecular flexibility index (Phi) is 9.92. The Balaban J connectivity index is 1.27. The molecule has 0 aliphatic heterocycles. The summed E-state index contributed by atoms with van der Waals surface area (Å²) in [4.78, 5) is 10.4. The van der Waals surface area contributed by atoms with Gasteiger partial charge in [-0.25, -0.2) is 4.98 Å². The highest BCUT2D eigenvalue weighted by Gasteiger charge is 2.25. The first-order valence-electron chi connectivity index (χ1n) is 21.5. The average molecular weight is 795 g/mol. The van der Waals surface area contributed by atoms with Gasteiger partial charge in [-0.05, 0) is 141 Å². The molecule has 0 spiro atoms. The van der Waals surface area contributed by atoms with E-state index in [1.165, 1.54) is 16.7 Å². The normalized spacial score (nSPS) is 12.1. The molecule has 0 aliphatic carbocycles. The van der Waals surface area contributed by atoms with Crippen molar-refractivity contribution >= 4 is 11.0 Å². The number of pyridine rings is 1. The second-order valence-electron chi connectivity index (χ2n) is 17.4. The maximum absolute atomic E-state index is 11.7. The maximum atomic E-state index is 11.7. The van der Waals surface area contributed by atoms with E-state index in [1.54, 1.807) is 0 Å². The van der Waals surface area contributed by atoms with E-state index in [0.29, 0.717) is 11.4 Å². The number of fused-ring (bicyclic) bond motifs is 1. The van der Waals surface area contributed by atoms with E-state index < -0.39 is 5.89 Å². The second-order valence-corrected chi connectivity index (χ2v) is 17.4. The number of aromatic hydroxyl groups is 1. The van der Waals surface area contributed by atoms with Crippen LogP contribution in [0, 0.1) is 13.8 Å².